The van der Waals surface area contributed by atoms with Gasteiger partial charge in [0.15, 0.2) is 0 Å². The fourth-order valence-corrected chi connectivity index (χ4v) is 0.726. The lowest BCUT2D eigenvalue weighted by atomic mass is 10.8. The number of hydrogen-bond donors (Lipinski definition) is 1. The topological polar surface area (TPSA) is 21.3 Å². The van der Waals surface area contributed by atoms with Crippen molar-refractivity contribution in [1.29, 1.82) is 0 Å². The fourth-order valence-electron chi connectivity index (χ4n) is 0.358. The summed E-state index contributed by atoms with van der Waals surface area (Å²) in [6, 6.07) is 0. The number of thioether (sulfide) groups is 1. The van der Waals surface area contributed by atoms with Gasteiger partial charge < -0.3 is 4.74 Å². The summed E-state index contributed by atoms with van der Waals surface area (Å²) in [6.45, 7) is 9.86. The van der Waals surface area contributed by atoms with Gasteiger partial charge in [0.1, 0.15) is 0 Å². The van der Waals surface area contributed by atoms with Crippen LogP contribution in [0.25, 0.3) is 0 Å². The summed E-state index contributed by atoms with van der Waals surface area (Å²) in [7, 11) is 0. The average molecular weight is 179 g/mol. The van der Waals surface area contributed by atoms with Crippen LogP contribution in [-0.2, 0) is 4.74 Å². The molecular formula is C8H21NOS. The molecule has 11 heavy (non-hydrogen) atoms. The maximum atomic E-state index is 5.17. The Kier molecular flexibility index (Phi) is 21.0. The van der Waals surface area contributed by atoms with Gasteiger partial charge in [0.2, 0.25) is 0 Å². The van der Waals surface area contributed by atoms with Crippen molar-refractivity contribution in [2.45, 2.75) is 27.7 Å². The fraction of sp³-hybridized carbons (Fsp3) is 1.00. The van der Waals surface area contributed by atoms with E-state index < -0.39 is 0 Å². The van der Waals surface area contributed by atoms with E-state index in [1.54, 1.807) is 11.8 Å². The maximum Gasteiger partial charge on any atom is 0.0976 e. The summed E-state index contributed by atoms with van der Waals surface area (Å²) >= 11 is 1.80. The second kappa shape index (κ2) is 16.7. The highest BCUT2D eigenvalue weighted by atomic mass is 32.2. The van der Waals surface area contributed by atoms with Crippen LogP contribution < -0.4 is 5.32 Å². The van der Waals surface area contributed by atoms with Crippen LogP contribution in [0.4, 0.5) is 0 Å². The van der Waals surface area contributed by atoms with Gasteiger partial charge in [-0.1, -0.05) is 27.7 Å². The van der Waals surface area contributed by atoms with Gasteiger partial charge in [-0.05, 0) is 12.3 Å². The first-order valence-electron chi connectivity index (χ1n) is 4.28. The van der Waals surface area contributed by atoms with Crippen LogP contribution in [-0.4, -0.2) is 25.0 Å². The maximum absolute atomic E-state index is 5.17. The molecule has 0 aliphatic rings. The molecule has 0 rings (SSSR count). The highest BCUT2D eigenvalue weighted by molar-refractivity contribution is 7.99. The Bertz CT molecular complexity index is 47.4. The Morgan fingerprint density at radius 1 is 1.27 bits per heavy atom. The minimum absolute atomic E-state index is 0.684. The first-order chi connectivity index (χ1) is 5.41. The molecule has 0 radical (unpaired) electrons. The smallest absolute Gasteiger partial charge is 0.0976 e. The Labute approximate surface area is 75.1 Å². The molecule has 0 bridgehead atoms. The minimum Gasteiger partial charge on any atom is -0.356 e. The van der Waals surface area contributed by atoms with Crippen LogP contribution in [0.2, 0.25) is 0 Å². The van der Waals surface area contributed by atoms with Crippen molar-refractivity contribution in [3.05, 3.63) is 0 Å². The predicted molar refractivity (Wildman–Crippen MR) is 54.0 cm³/mol. The lowest BCUT2D eigenvalue weighted by Crippen LogP contribution is -2.16. The van der Waals surface area contributed by atoms with Gasteiger partial charge in [-0.25, -0.2) is 0 Å². The number of ether oxygens (including phenoxy) is 1. The predicted octanol–water partition coefficient (Wildman–Crippen LogP) is 2.31. The monoisotopic (exact) mass is 179 g/mol. The normalized spacial score (nSPS) is 8.73. The largest absolute Gasteiger partial charge is 0.356 e. The third-order valence-electron chi connectivity index (χ3n) is 0.825. The van der Waals surface area contributed by atoms with Crippen molar-refractivity contribution in [3.8, 4) is 0 Å². The van der Waals surface area contributed by atoms with Gasteiger partial charge in [0.25, 0.3) is 0 Å². The zero-order valence-corrected chi connectivity index (χ0v) is 8.96. The second-order valence-corrected chi connectivity index (χ2v) is 2.78. The third kappa shape index (κ3) is 17.9. The van der Waals surface area contributed by atoms with E-state index in [0.717, 1.165) is 18.2 Å². The van der Waals surface area contributed by atoms with Crippen LogP contribution in [0.5, 0.6) is 0 Å². The average Bonchev–Trinajstić information content (AvgIpc) is 2.08. The van der Waals surface area contributed by atoms with Crippen molar-refractivity contribution in [2.24, 2.45) is 0 Å². The van der Waals surface area contributed by atoms with Crippen LogP contribution in [0.3, 0.4) is 0 Å². The zero-order valence-electron chi connectivity index (χ0n) is 8.14. The Morgan fingerprint density at radius 2 is 1.91 bits per heavy atom. The van der Waals surface area contributed by atoms with Gasteiger partial charge in [0, 0.05) is 0 Å². The number of rotatable bonds is 6. The SMILES string of the molecule is CC.CCNCOCSCC. The highest BCUT2D eigenvalue weighted by Gasteiger charge is 1.82. The van der Waals surface area contributed by atoms with Crippen molar-refractivity contribution in [1.82, 2.24) is 5.32 Å². The minimum atomic E-state index is 0.684. The van der Waals surface area contributed by atoms with Crippen molar-refractivity contribution < 1.29 is 4.74 Å². The molecule has 0 aromatic carbocycles. The standard InChI is InChI=1S/C6H15NOS.C2H6/c1-3-7-5-8-6-9-4-2;1-2/h7H,3-6H2,1-2H3;1-2H3. The molecule has 0 saturated heterocycles. The summed E-state index contributed by atoms with van der Waals surface area (Å²) in [5.41, 5.74) is 0. The molecule has 0 spiro atoms. The highest BCUT2D eigenvalue weighted by Crippen LogP contribution is 1.96. The molecule has 0 amide bonds. The molecule has 0 atom stereocenters. The summed E-state index contributed by atoms with van der Waals surface area (Å²) in [5.74, 6) is 1.94. The molecular weight excluding hydrogens is 158 g/mol. The third-order valence-corrected chi connectivity index (χ3v) is 1.57. The van der Waals surface area contributed by atoms with Gasteiger partial charge in [-0.2, -0.15) is 0 Å². The first-order valence-corrected chi connectivity index (χ1v) is 5.43. The lowest BCUT2D eigenvalue weighted by Gasteiger charge is -2.01. The second-order valence-electron chi connectivity index (χ2n) is 1.56. The van der Waals surface area contributed by atoms with E-state index in [1.165, 1.54) is 0 Å². The van der Waals surface area contributed by atoms with E-state index in [9.17, 15) is 0 Å². The van der Waals surface area contributed by atoms with Gasteiger partial charge in [-0.15, -0.1) is 11.8 Å². The molecule has 0 saturated carbocycles. The summed E-state index contributed by atoms with van der Waals surface area (Å²) in [4.78, 5) is 0. The van der Waals surface area contributed by atoms with Crippen LogP contribution in [0.1, 0.15) is 27.7 Å². The van der Waals surface area contributed by atoms with Crippen LogP contribution in [0.15, 0.2) is 0 Å². The van der Waals surface area contributed by atoms with Crippen molar-refractivity contribution in [3.63, 3.8) is 0 Å². The Balaban J connectivity index is 0. The van der Waals surface area contributed by atoms with E-state index >= 15 is 0 Å². The van der Waals surface area contributed by atoms with Gasteiger partial charge in [0.05, 0.1) is 12.7 Å². The van der Waals surface area contributed by atoms with Gasteiger partial charge >= 0.3 is 0 Å². The molecule has 2 nitrogen and oxygen atoms in total. The molecule has 0 aromatic rings. The number of nitrogens with one attached hydrogen (secondary N) is 1. The van der Waals surface area contributed by atoms with E-state index in [4.69, 9.17) is 4.74 Å². The molecule has 0 aromatic heterocycles. The van der Waals surface area contributed by atoms with E-state index in [0.29, 0.717) is 6.73 Å². The molecule has 70 valence electrons. The molecule has 0 fully saturated rings. The van der Waals surface area contributed by atoms with E-state index in [1.807, 2.05) is 13.8 Å². The van der Waals surface area contributed by atoms with Crippen LogP contribution in [0, 0.1) is 0 Å². The van der Waals surface area contributed by atoms with Crippen molar-refractivity contribution >= 4 is 11.8 Å². The van der Waals surface area contributed by atoms with Crippen molar-refractivity contribution in [2.75, 3.05) is 25.0 Å². The Hall–Kier alpha value is 0.270. The molecule has 1 N–H and O–H groups in total. The van der Waals surface area contributed by atoms with E-state index in [-0.39, 0.29) is 0 Å². The molecule has 3 heteroatoms. The molecule has 0 heterocycles. The Morgan fingerprint density at radius 3 is 2.36 bits per heavy atom. The molecule has 0 aliphatic carbocycles. The summed E-state index contributed by atoms with van der Waals surface area (Å²) in [5, 5.41) is 3.07. The lowest BCUT2D eigenvalue weighted by molar-refractivity contribution is 0.163. The van der Waals surface area contributed by atoms with Crippen LogP contribution >= 0.6 is 11.8 Å². The van der Waals surface area contributed by atoms with E-state index in [2.05, 4.69) is 19.2 Å². The molecule has 0 aliphatic heterocycles. The summed E-state index contributed by atoms with van der Waals surface area (Å²) in [6.07, 6.45) is 0. The van der Waals surface area contributed by atoms with Gasteiger partial charge in [-0.3, -0.25) is 5.32 Å². The quantitative estimate of drug-likeness (QED) is 0.499. The molecule has 0 unspecified atom stereocenters. The zero-order chi connectivity index (χ0) is 8.95. The summed E-state index contributed by atoms with van der Waals surface area (Å²) < 4.78 is 5.17. The number of hydrogen-bond acceptors (Lipinski definition) is 3. The first kappa shape index (κ1) is 13.8.